The van der Waals surface area contributed by atoms with Crippen molar-refractivity contribution >= 4 is 12.2 Å². The number of hydrogen-bond acceptors (Lipinski definition) is 6. The number of carbonyl (C=O) groups is 2. The van der Waals surface area contributed by atoms with Gasteiger partial charge in [0.2, 0.25) is 0 Å². The van der Waals surface area contributed by atoms with E-state index in [9.17, 15) is 9.59 Å². The zero-order valence-corrected chi connectivity index (χ0v) is 35.3. The van der Waals surface area contributed by atoms with Crippen LogP contribution in [-0.4, -0.2) is 55.6 Å². The van der Waals surface area contributed by atoms with Crippen LogP contribution in [0.2, 0.25) is 0 Å². The lowest BCUT2D eigenvalue weighted by Crippen LogP contribution is -2.44. The summed E-state index contributed by atoms with van der Waals surface area (Å²) in [5, 5.41) is 7.27. The third-order valence-electron chi connectivity index (χ3n) is 10.2. The Bertz CT molecular complexity index is 696. The lowest BCUT2D eigenvalue weighted by Gasteiger charge is -2.24. The monoisotopic (exact) mass is 739 g/mol. The molecule has 52 heavy (non-hydrogen) atoms. The number of amides is 2. The fourth-order valence-electron chi connectivity index (χ4n) is 6.99. The molecule has 2 amide bonds. The predicted molar refractivity (Wildman–Crippen MR) is 223 cm³/mol. The molecular formula is C44H90N4O4. The van der Waals surface area contributed by atoms with Crippen molar-refractivity contribution in [1.29, 1.82) is 0 Å². The summed E-state index contributed by atoms with van der Waals surface area (Å²) in [6.07, 6.45) is 41.1. The van der Waals surface area contributed by atoms with E-state index >= 15 is 0 Å². The van der Waals surface area contributed by atoms with E-state index in [0.717, 1.165) is 25.7 Å². The molecule has 0 heterocycles. The van der Waals surface area contributed by atoms with Crippen LogP contribution in [0, 0.1) is 0 Å². The van der Waals surface area contributed by atoms with Crippen LogP contribution in [0.25, 0.3) is 0 Å². The van der Waals surface area contributed by atoms with E-state index in [1.54, 1.807) is 5.01 Å². The lowest BCUT2D eigenvalue weighted by molar-refractivity contribution is 0.0507. The van der Waals surface area contributed by atoms with Gasteiger partial charge in [-0.05, 0) is 26.7 Å². The highest BCUT2D eigenvalue weighted by Gasteiger charge is 2.16. The van der Waals surface area contributed by atoms with Crippen molar-refractivity contribution in [3.05, 3.63) is 0 Å². The molecule has 0 saturated heterocycles. The summed E-state index contributed by atoms with van der Waals surface area (Å²) < 4.78 is 10.9. The Hall–Kier alpha value is -1.54. The van der Waals surface area contributed by atoms with Crippen LogP contribution in [-0.2, 0) is 9.47 Å². The first-order valence-electron chi connectivity index (χ1n) is 22.8. The minimum Gasteiger partial charge on any atom is -0.445 e. The number of nitrogens with one attached hydrogen (secondary N) is 2. The van der Waals surface area contributed by atoms with Crippen molar-refractivity contribution < 1.29 is 19.1 Å². The topological polar surface area (TPSA) is 106 Å². The number of nitrogens with two attached hydrogens (primary N) is 1. The highest BCUT2D eigenvalue weighted by molar-refractivity contribution is 5.67. The number of ether oxygens (including phenoxy) is 2. The van der Waals surface area contributed by atoms with Gasteiger partial charge in [0.25, 0.3) is 0 Å². The van der Waals surface area contributed by atoms with E-state index < -0.39 is 12.2 Å². The number of carbonyl (C=O) groups excluding carboxylic acids is 2. The van der Waals surface area contributed by atoms with Crippen LogP contribution >= 0.6 is 0 Å². The molecule has 0 aromatic carbocycles. The smallest absolute Gasteiger partial charge is 0.407 e. The van der Waals surface area contributed by atoms with Gasteiger partial charge in [0, 0.05) is 13.1 Å². The van der Waals surface area contributed by atoms with Crippen molar-refractivity contribution in [2.45, 2.75) is 245 Å². The van der Waals surface area contributed by atoms with Gasteiger partial charge in [0.05, 0.1) is 13.1 Å². The fourth-order valence-corrected chi connectivity index (χ4v) is 6.99. The molecule has 8 nitrogen and oxygen atoms in total. The van der Waals surface area contributed by atoms with Crippen molar-refractivity contribution in [3.8, 4) is 0 Å². The number of nitrogens with zero attached hydrogens (tertiary/aromatic N) is 1. The van der Waals surface area contributed by atoms with Crippen molar-refractivity contribution in [3.63, 3.8) is 0 Å². The Labute approximate surface area is 323 Å². The van der Waals surface area contributed by atoms with Crippen LogP contribution in [0.5, 0.6) is 0 Å². The molecule has 0 spiro atoms. The van der Waals surface area contributed by atoms with Gasteiger partial charge in [-0.2, -0.15) is 0 Å². The van der Waals surface area contributed by atoms with Crippen molar-refractivity contribution in [2.24, 2.45) is 5.84 Å². The zero-order valence-electron chi connectivity index (χ0n) is 35.3. The van der Waals surface area contributed by atoms with Crippen LogP contribution in [0.4, 0.5) is 9.59 Å². The maximum Gasteiger partial charge on any atom is 0.407 e. The lowest BCUT2D eigenvalue weighted by atomic mass is 10.0. The van der Waals surface area contributed by atoms with E-state index in [1.807, 2.05) is 13.8 Å². The van der Waals surface area contributed by atoms with Gasteiger partial charge in [-0.15, -0.1) is 0 Å². The average Bonchev–Trinajstić information content (AvgIpc) is 3.10. The standard InChI is InChI=1S/C44H90N4O4/c1-5-7-9-11-13-15-17-19-21-23-25-27-29-31-33-35-37-46-43(49)51-41(3)39-48(45)40-42(4)52-44(50)47-38-36-34-32-30-28-26-24-22-20-18-16-14-12-10-8-6-2/h41-42H,5-40,45H2,1-4H3,(H,46,49)(H,47,50). The van der Waals surface area contributed by atoms with Crippen LogP contribution in [0.3, 0.4) is 0 Å². The van der Waals surface area contributed by atoms with Crippen molar-refractivity contribution in [1.82, 2.24) is 15.6 Å². The first-order chi connectivity index (χ1) is 25.4. The quantitative estimate of drug-likeness (QED) is 0.0328. The van der Waals surface area contributed by atoms with Crippen LogP contribution in [0.15, 0.2) is 0 Å². The van der Waals surface area contributed by atoms with E-state index in [2.05, 4.69) is 24.5 Å². The molecule has 310 valence electrons. The summed E-state index contributed by atoms with van der Waals surface area (Å²) in [5.74, 6) is 6.13. The first kappa shape index (κ1) is 50.5. The second-order valence-electron chi connectivity index (χ2n) is 15.8. The Morgan fingerprint density at radius 2 is 0.635 bits per heavy atom. The van der Waals surface area contributed by atoms with E-state index in [4.69, 9.17) is 15.3 Å². The number of hydrazine groups is 1. The Morgan fingerprint density at radius 3 is 0.865 bits per heavy atom. The SMILES string of the molecule is CCCCCCCCCCCCCCCCCCNC(=O)OC(C)CN(N)CC(C)OC(=O)NCCCCCCCCCCCCCCCCCC. The molecule has 0 rings (SSSR count). The summed E-state index contributed by atoms with van der Waals surface area (Å²) in [6.45, 7) is 10.2. The highest BCUT2D eigenvalue weighted by Crippen LogP contribution is 2.15. The largest absolute Gasteiger partial charge is 0.445 e. The number of rotatable bonds is 40. The molecular weight excluding hydrogens is 649 g/mol. The number of unbranched alkanes of at least 4 members (excludes halogenated alkanes) is 30. The first-order valence-corrected chi connectivity index (χ1v) is 22.8. The molecule has 0 fully saturated rings. The van der Waals surface area contributed by atoms with Gasteiger partial charge in [0.1, 0.15) is 12.2 Å². The van der Waals surface area contributed by atoms with Gasteiger partial charge in [0.15, 0.2) is 0 Å². The Kier molecular flexibility index (Phi) is 39.4. The van der Waals surface area contributed by atoms with E-state index in [1.165, 1.54) is 180 Å². The van der Waals surface area contributed by atoms with E-state index in [0.29, 0.717) is 26.2 Å². The maximum atomic E-state index is 12.2. The molecule has 2 atom stereocenters. The fraction of sp³-hybridized carbons (Fsp3) is 0.955. The molecule has 2 unspecified atom stereocenters. The molecule has 0 aromatic rings. The van der Waals surface area contributed by atoms with Gasteiger partial charge in [-0.1, -0.05) is 206 Å². The van der Waals surface area contributed by atoms with Crippen LogP contribution in [0.1, 0.15) is 233 Å². The van der Waals surface area contributed by atoms with Gasteiger partial charge in [-0.3, -0.25) is 5.84 Å². The Morgan fingerprint density at radius 1 is 0.423 bits per heavy atom. The molecule has 8 heteroatoms. The average molecular weight is 739 g/mol. The van der Waals surface area contributed by atoms with Gasteiger partial charge >= 0.3 is 12.2 Å². The molecule has 0 bridgehead atoms. The molecule has 0 aliphatic rings. The molecule has 0 aliphatic heterocycles. The van der Waals surface area contributed by atoms with Gasteiger partial charge < -0.3 is 20.1 Å². The van der Waals surface area contributed by atoms with Crippen LogP contribution < -0.4 is 16.5 Å². The van der Waals surface area contributed by atoms with Gasteiger partial charge in [-0.25, -0.2) is 14.6 Å². The molecule has 0 saturated carbocycles. The summed E-state index contributed by atoms with van der Waals surface area (Å²) in [7, 11) is 0. The maximum absolute atomic E-state index is 12.2. The molecule has 4 N–H and O–H groups in total. The molecule has 0 aromatic heterocycles. The second kappa shape index (κ2) is 40.6. The van der Waals surface area contributed by atoms with Crippen molar-refractivity contribution in [2.75, 3.05) is 26.2 Å². The summed E-state index contributed by atoms with van der Waals surface area (Å²) in [4.78, 5) is 24.4. The number of alkyl carbamates (subject to hydrolysis) is 2. The third-order valence-corrected chi connectivity index (χ3v) is 10.2. The second-order valence-corrected chi connectivity index (χ2v) is 15.8. The summed E-state index contributed by atoms with van der Waals surface area (Å²) in [6, 6.07) is 0. The zero-order chi connectivity index (χ0) is 38.2. The Balaban J connectivity index is 3.56. The highest BCUT2D eigenvalue weighted by atomic mass is 16.6. The predicted octanol–water partition coefficient (Wildman–Crippen LogP) is 12.9. The third kappa shape index (κ3) is 39.7. The minimum atomic E-state index is -0.403. The molecule has 0 radical (unpaired) electrons. The summed E-state index contributed by atoms with van der Waals surface area (Å²) in [5.41, 5.74) is 0. The van der Waals surface area contributed by atoms with E-state index in [-0.39, 0.29) is 12.2 Å². The summed E-state index contributed by atoms with van der Waals surface area (Å²) >= 11 is 0. The molecule has 0 aliphatic carbocycles. The normalized spacial score (nSPS) is 12.6. The minimum absolute atomic E-state index is 0.362. The number of hydrogen-bond donors (Lipinski definition) is 3.